The van der Waals surface area contributed by atoms with E-state index in [9.17, 15) is 4.79 Å². The Morgan fingerprint density at radius 1 is 1.62 bits per heavy atom. The van der Waals surface area contributed by atoms with Crippen molar-refractivity contribution >= 4 is 5.91 Å². The average molecular weight is 181 g/mol. The van der Waals surface area contributed by atoms with Crippen LogP contribution in [0.3, 0.4) is 0 Å². The molecule has 0 aliphatic carbocycles. The molecule has 1 N–H and O–H groups in total. The molecule has 0 saturated heterocycles. The zero-order chi connectivity index (χ0) is 9.68. The first kappa shape index (κ1) is 9.84. The first-order valence-electron chi connectivity index (χ1n) is 4.58. The van der Waals surface area contributed by atoms with Crippen LogP contribution in [0.1, 0.15) is 35.9 Å². The fourth-order valence-corrected chi connectivity index (χ4v) is 1.06. The largest absolute Gasteiger partial charge is 0.459 e. The summed E-state index contributed by atoms with van der Waals surface area (Å²) in [6, 6.07) is 1.79. The molecule has 0 atom stereocenters. The second-order valence-electron chi connectivity index (χ2n) is 3.04. The van der Waals surface area contributed by atoms with Crippen LogP contribution in [0.15, 0.2) is 16.7 Å². The summed E-state index contributed by atoms with van der Waals surface area (Å²) < 4.78 is 5.04. The van der Waals surface area contributed by atoms with Crippen molar-refractivity contribution in [1.82, 2.24) is 5.32 Å². The van der Waals surface area contributed by atoms with Crippen molar-refractivity contribution in [3.05, 3.63) is 23.7 Å². The van der Waals surface area contributed by atoms with Crippen molar-refractivity contribution in [3.8, 4) is 0 Å². The lowest BCUT2D eigenvalue weighted by Crippen LogP contribution is -2.24. The topological polar surface area (TPSA) is 42.2 Å². The molecule has 0 radical (unpaired) electrons. The molecule has 1 aromatic rings. The fraction of sp³-hybridized carbons (Fsp3) is 0.500. The van der Waals surface area contributed by atoms with Crippen LogP contribution < -0.4 is 5.32 Å². The van der Waals surface area contributed by atoms with Crippen molar-refractivity contribution in [3.63, 3.8) is 0 Å². The van der Waals surface area contributed by atoms with Crippen LogP contribution in [-0.2, 0) is 0 Å². The number of unbranched alkanes of at least 4 members (excludes halogenated alkanes) is 1. The van der Waals surface area contributed by atoms with Gasteiger partial charge in [-0.3, -0.25) is 4.79 Å². The van der Waals surface area contributed by atoms with E-state index in [0.29, 0.717) is 5.76 Å². The van der Waals surface area contributed by atoms with Crippen molar-refractivity contribution in [2.24, 2.45) is 0 Å². The van der Waals surface area contributed by atoms with E-state index in [0.717, 1.165) is 24.9 Å². The molecule has 0 saturated carbocycles. The van der Waals surface area contributed by atoms with Gasteiger partial charge < -0.3 is 9.73 Å². The second-order valence-corrected chi connectivity index (χ2v) is 3.04. The normalized spacial score (nSPS) is 10.0. The Kier molecular flexibility index (Phi) is 3.55. The van der Waals surface area contributed by atoms with Crippen LogP contribution in [0.5, 0.6) is 0 Å². The molecule has 72 valence electrons. The van der Waals surface area contributed by atoms with Crippen LogP contribution in [-0.4, -0.2) is 12.5 Å². The third-order valence-corrected chi connectivity index (χ3v) is 1.88. The van der Waals surface area contributed by atoms with Gasteiger partial charge in [-0.05, 0) is 19.4 Å². The van der Waals surface area contributed by atoms with Gasteiger partial charge in [-0.1, -0.05) is 13.3 Å². The van der Waals surface area contributed by atoms with Gasteiger partial charge in [0.25, 0.3) is 5.91 Å². The lowest BCUT2D eigenvalue weighted by atomic mass is 10.2. The first-order valence-corrected chi connectivity index (χ1v) is 4.58. The summed E-state index contributed by atoms with van der Waals surface area (Å²) in [6.07, 6.45) is 3.62. The van der Waals surface area contributed by atoms with E-state index < -0.39 is 0 Å². The van der Waals surface area contributed by atoms with E-state index >= 15 is 0 Å². The predicted octanol–water partition coefficient (Wildman–Crippen LogP) is 2.12. The maximum atomic E-state index is 11.4. The van der Waals surface area contributed by atoms with Gasteiger partial charge in [0.05, 0.1) is 6.26 Å². The van der Waals surface area contributed by atoms with Crippen LogP contribution in [0.4, 0.5) is 0 Å². The third kappa shape index (κ3) is 2.61. The maximum Gasteiger partial charge on any atom is 0.287 e. The Hall–Kier alpha value is -1.25. The van der Waals surface area contributed by atoms with E-state index in [-0.39, 0.29) is 5.91 Å². The minimum absolute atomic E-state index is 0.115. The van der Waals surface area contributed by atoms with Gasteiger partial charge in [0.1, 0.15) is 0 Å². The quantitative estimate of drug-likeness (QED) is 0.723. The van der Waals surface area contributed by atoms with Crippen LogP contribution >= 0.6 is 0 Å². The number of rotatable bonds is 4. The molecular formula is C10H15NO2. The Labute approximate surface area is 78.1 Å². The average Bonchev–Trinajstić information content (AvgIpc) is 2.52. The van der Waals surface area contributed by atoms with E-state index in [4.69, 9.17) is 4.42 Å². The molecule has 0 fully saturated rings. The standard InChI is InChI=1S/C10H15NO2/c1-3-4-6-11-10(12)9-8(2)5-7-13-9/h5,7H,3-4,6H2,1-2H3,(H,11,12). The van der Waals surface area contributed by atoms with Crippen molar-refractivity contribution in [1.29, 1.82) is 0 Å². The molecule has 1 heterocycles. The summed E-state index contributed by atoms with van der Waals surface area (Å²) in [5.74, 6) is 0.312. The highest BCUT2D eigenvalue weighted by atomic mass is 16.3. The zero-order valence-electron chi connectivity index (χ0n) is 8.09. The molecule has 0 bridgehead atoms. The number of furan rings is 1. The van der Waals surface area contributed by atoms with Crippen LogP contribution in [0.25, 0.3) is 0 Å². The van der Waals surface area contributed by atoms with E-state index in [1.165, 1.54) is 6.26 Å². The predicted molar refractivity (Wildman–Crippen MR) is 50.7 cm³/mol. The van der Waals surface area contributed by atoms with E-state index in [1.54, 1.807) is 6.07 Å². The second kappa shape index (κ2) is 4.70. The van der Waals surface area contributed by atoms with Crippen molar-refractivity contribution < 1.29 is 9.21 Å². The lowest BCUT2D eigenvalue weighted by molar-refractivity contribution is 0.0924. The molecule has 1 aromatic heterocycles. The number of aryl methyl sites for hydroxylation is 1. The molecule has 3 nitrogen and oxygen atoms in total. The molecule has 13 heavy (non-hydrogen) atoms. The highest BCUT2D eigenvalue weighted by Crippen LogP contribution is 2.07. The van der Waals surface area contributed by atoms with E-state index in [2.05, 4.69) is 12.2 Å². The summed E-state index contributed by atoms with van der Waals surface area (Å²) in [4.78, 5) is 11.4. The molecule has 0 unspecified atom stereocenters. The van der Waals surface area contributed by atoms with Gasteiger partial charge in [-0.2, -0.15) is 0 Å². The van der Waals surface area contributed by atoms with Crippen LogP contribution in [0.2, 0.25) is 0 Å². The SMILES string of the molecule is CCCCNC(=O)c1occc1C. The highest BCUT2D eigenvalue weighted by Gasteiger charge is 2.10. The lowest BCUT2D eigenvalue weighted by Gasteiger charge is -2.01. The number of amides is 1. The molecule has 3 heteroatoms. The molecule has 1 amide bonds. The molecule has 0 aliphatic rings. The third-order valence-electron chi connectivity index (χ3n) is 1.88. The van der Waals surface area contributed by atoms with Gasteiger partial charge in [-0.25, -0.2) is 0 Å². The number of carbonyl (C=O) groups is 1. The Bertz CT molecular complexity index is 278. The first-order chi connectivity index (χ1) is 6.25. The fourth-order valence-electron chi connectivity index (χ4n) is 1.06. The molecule has 0 spiro atoms. The minimum atomic E-state index is -0.115. The highest BCUT2D eigenvalue weighted by molar-refractivity contribution is 5.92. The summed E-state index contributed by atoms with van der Waals surface area (Å²) >= 11 is 0. The van der Waals surface area contributed by atoms with Gasteiger partial charge in [0.2, 0.25) is 0 Å². The molecular weight excluding hydrogens is 166 g/mol. The minimum Gasteiger partial charge on any atom is -0.459 e. The number of carbonyl (C=O) groups excluding carboxylic acids is 1. The maximum absolute atomic E-state index is 11.4. The van der Waals surface area contributed by atoms with Gasteiger partial charge in [0, 0.05) is 12.1 Å². The molecule has 0 aromatic carbocycles. The van der Waals surface area contributed by atoms with Gasteiger partial charge >= 0.3 is 0 Å². The molecule has 0 aliphatic heterocycles. The van der Waals surface area contributed by atoms with Crippen molar-refractivity contribution in [2.45, 2.75) is 26.7 Å². The Morgan fingerprint density at radius 3 is 2.92 bits per heavy atom. The Morgan fingerprint density at radius 2 is 2.38 bits per heavy atom. The number of nitrogens with one attached hydrogen (secondary N) is 1. The summed E-state index contributed by atoms with van der Waals surface area (Å²) in [5.41, 5.74) is 0.883. The summed E-state index contributed by atoms with van der Waals surface area (Å²) in [7, 11) is 0. The van der Waals surface area contributed by atoms with Gasteiger partial charge in [-0.15, -0.1) is 0 Å². The number of hydrogen-bond acceptors (Lipinski definition) is 2. The Balaban J connectivity index is 2.45. The monoisotopic (exact) mass is 181 g/mol. The smallest absolute Gasteiger partial charge is 0.287 e. The van der Waals surface area contributed by atoms with Gasteiger partial charge in [0.15, 0.2) is 5.76 Å². The number of hydrogen-bond donors (Lipinski definition) is 1. The summed E-state index contributed by atoms with van der Waals surface area (Å²) in [5, 5.41) is 2.79. The zero-order valence-corrected chi connectivity index (χ0v) is 8.09. The molecule has 1 rings (SSSR count). The van der Waals surface area contributed by atoms with Crippen molar-refractivity contribution in [2.75, 3.05) is 6.54 Å². The summed E-state index contributed by atoms with van der Waals surface area (Å²) in [6.45, 7) is 4.66. The van der Waals surface area contributed by atoms with E-state index in [1.807, 2.05) is 6.92 Å². The van der Waals surface area contributed by atoms with Crippen LogP contribution in [0, 0.1) is 6.92 Å².